The Morgan fingerprint density at radius 1 is 1.00 bits per heavy atom. The van der Waals surface area contributed by atoms with Gasteiger partial charge in [-0.1, -0.05) is 61.0 Å². The number of aryl methyl sites for hydroxylation is 1. The molecule has 2 heteroatoms. The number of hydrogen-bond acceptors (Lipinski definition) is 1. The van der Waals surface area contributed by atoms with Gasteiger partial charge in [0.05, 0.1) is 0 Å². The summed E-state index contributed by atoms with van der Waals surface area (Å²) in [5.41, 5.74) is 9.83. The van der Waals surface area contributed by atoms with Gasteiger partial charge in [-0.05, 0) is 35.6 Å². The Morgan fingerprint density at radius 3 is 2.22 bits per heavy atom. The van der Waals surface area contributed by atoms with Gasteiger partial charge in [-0.2, -0.15) is 0 Å². The lowest BCUT2D eigenvalue weighted by atomic mass is 9.98. The van der Waals surface area contributed by atoms with E-state index in [1.165, 1.54) is 11.1 Å². The van der Waals surface area contributed by atoms with Crippen LogP contribution in [0.3, 0.4) is 0 Å². The van der Waals surface area contributed by atoms with Crippen molar-refractivity contribution in [3.8, 4) is 0 Å². The number of benzene rings is 2. The maximum atomic E-state index is 6.21. The lowest BCUT2D eigenvalue weighted by Crippen LogP contribution is -2.13. The second-order valence-corrected chi connectivity index (χ2v) is 4.91. The van der Waals surface area contributed by atoms with Crippen LogP contribution in [0.1, 0.15) is 29.7 Å². The van der Waals surface area contributed by atoms with Crippen LogP contribution in [0.4, 0.5) is 0 Å². The predicted octanol–water partition coefficient (Wildman–Crippen LogP) is 4.14. The minimum absolute atomic E-state index is 0.0498. The van der Waals surface area contributed by atoms with Gasteiger partial charge in [-0.25, -0.2) is 0 Å². The summed E-state index contributed by atoms with van der Waals surface area (Å²) in [6.45, 7) is 2.16. The highest BCUT2D eigenvalue weighted by Crippen LogP contribution is 2.23. The molecule has 0 aliphatic rings. The highest BCUT2D eigenvalue weighted by Gasteiger charge is 2.10. The summed E-state index contributed by atoms with van der Waals surface area (Å²) in [4.78, 5) is 0. The molecule has 2 aromatic rings. The first kappa shape index (κ1) is 13.1. The number of rotatable bonds is 4. The van der Waals surface area contributed by atoms with E-state index in [1.807, 2.05) is 24.3 Å². The van der Waals surface area contributed by atoms with Crippen LogP contribution in [0, 0.1) is 0 Å². The molecule has 0 aromatic heterocycles. The van der Waals surface area contributed by atoms with Crippen LogP contribution >= 0.6 is 11.6 Å². The average molecular weight is 260 g/mol. The second-order valence-electron chi connectivity index (χ2n) is 4.50. The normalized spacial score (nSPS) is 12.4. The third-order valence-corrected chi connectivity index (χ3v) is 3.54. The van der Waals surface area contributed by atoms with Crippen molar-refractivity contribution >= 4 is 11.6 Å². The Morgan fingerprint density at radius 2 is 1.61 bits per heavy atom. The predicted molar refractivity (Wildman–Crippen MR) is 77.9 cm³/mol. The van der Waals surface area contributed by atoms with Crippen LogP contribution in [-0.4, -0.2) is 0 Å². The van der Waals surface area contributed by atoms with E-state index < -0.39 is 0 Å². The Balaban J connectivity index is 2.11. The van der Waals surface area contributed by atoms with Crippen molar-refractivity contribution in [1.29, 1.82) is 0 Å². The third-order valence-electron chi connectivity index (χ3n) is 3.19. The zero-order chi connectivity index (χ0) is 13.0. The number of hydrogen-bond donors (Lipinski definition) is 1. The van der Waals surface area contributed by atoms with Crippen LogP contribution in [0.15, 0.2) is 48.5 Å². The van der Waals surface area contributed by atoms with Crippen molar-refractivity contribution in [2.45, 2.75) is 25.8 Å². The summed E-state index contributed by atoms with van der Waals surface area (Å²) in [7, 11) is 0. The molecule has 2 N–H and O–H groups in total. The van der Waals surface area contributed by atoms with E-state index in [0.29, 0.717) is 0 Å². The summed E-state index contributed by atoms with van der Waals surface area (Å²) in [5, 5.41) is 0.746. The van der Waals surface area contributed by atoms with Crippen molar-refractivity contribution in [2.24, 2.45) is 5.73 Å². The molecular weight excluding hydrogens is 242 g/mol. The van der Waals surface area contributed by atoms with E-state index in [2.05, 4.69) is 31.2 Å². The van der Waals surface area contributed by atoms with Crippen LogP contribution < -0.4 is 5.73 Å². The van der Waals surface area contributed by atoms with Gasteiger partial charge in [-0.15, -0.1) is 0 Å². The molecule has 0 amide bonds. The Labute approximate surface area is 114 Å². The van der Waals surface area contributed by atoms with E-state index in [9.17, 15) is 0 Å². The summed E-state index contributed by atoms with van der Waals surface area (Å²) < 4.78 is 0. The lowest BCUT2D eigenvalue weighted by molar-refractivity contribution is 0.722. The minimum Gasteiger partial charge on any atom is -0.324 e. The molecule has 0 heterocycles. The van der Waals surface area contributed by atoms with Gasteiger partial charge < -0.3 is 5.73 Å². The smallest absolute Gasteiger partial charge is 0.0453 e. The largest absolute Gasteiger partial charge is 0.324 e. The first-order valence-electron chi connectivity index (χ1n) is 6.28. The third kappa shape index (κ3) is 3.12. The Hall–Kier alpha value is -1.31. The van der Waals surface area contributed by atoms with Crippen molar-refractivity contribution in [3.63, 3.8) is 0 Å². The van der Waals surface area contributed by atoms with Crippen molar-refractivity contribution in [1.82, 2.24) is 0 Å². The molecule has 0 fully saturated rings. The molecule has 0 aliphatic heterocycles. The van der Waals surface area contributed by atoms with Crippen LogP contribution in [0.2, 0.25) is 5.02 Å². The molecule has 0 saturated heterocycles. The summed E-state index contributed by atoms with van der Waals surface area (Å²) in [6, 6.07) is 16.3. The van der Waals surface area contributed by atoms with Crippen molar-refractivity contribution in [2.75, 3.05) is 0 Å². The molecule has 0 aliphatic carbocycles. The first-order chi connectivity index (χ1) is 8.70. The van der Waals surface area contributed by atoms with Crippen molar-refractivity contribution in [3.05, 3.63) is 70.2 Å². The quantitative estimate of drug-likeness (QED) is 0.877. The van der Waals surface area contributed by atoms with E-state index in [1.54, 1.807) is 0 Å². The highest BCUT2D eigenvalue weighted by molar-refractivity contribution is 6.31. The lowest BCUT2D eigenvalue weighted by Gasteiger charge is -2.14. The average Bonchev–Trinajstić information content (AvgIpc) is 2.40. The first-order valence-corrected chi connectivity index (χ1v) is 6.66. The fraction of sp³-hybridized carbons (Fsp3) is 0.250. The molecule has 0 saturated carbocycles. The topological polar surface area (TPSA) is 26.0 Å². The van der Waals surface area contributed by atoms with E-state index in [-0.39, 0.29) is 6.04 Å². The Bertz CT molecular complexity index is 505. The van der Waals surface area contributed by atoms with Gasteiger partial charge in [0.25, 0.3) is 0 Å². The van der Waals surface area contributed by atoms with Crippen LogP contribution in [0.5, 0.6) is 0 Å². The van der Waals surface area contributed by atoms with Crippen LogP contribution in [0.25, 0.3) is 0 Å². The fourth-order valence-corrected chi connectivity index (χ4v) is 2.33. The van der Waals surface area contributed by atoms with Gasteiger partial charge in [0, 0.05) is 11.1 Å². The maximum absolute atomic E-state index is 6.21. The molecule has 0 spiro atoms. The molecule has 2 rings (SSSR count). The summed E-state index contributed by atoms with van der Waals surface area (Å²) in [6.07, 6.45) is 1.88. The van der Waals surface area contributed by atoms with Gasteiger partial charge in [0.2, 0.25) is 0 Å². The standard InChI is InChI=1S/C16H18ClN/c1-2-12-7-9-13(10-8-12)11-16(18)14-5-3-4-6-15(14)17/h3-10,16H,2,11,18H2,1H3. The summed E-state index contributed by atoms with van der Waals surface area (Å²) in [5.74, 6) is 0. The van der Waals surface area contributed by atoms with Crippen molar-refractivity contribution < 1.29 is 0 Å². The molecule has 94 valence electrons. The molecule has 1 atom stereocenters. The molecule has 1 nitrogen and oxygen atoms in total. The molecular formula is C16H18ClN. The molecule has 0 radical (unpaired) electrons. The SMILES string of the molecule is CCc1ccc(CC(N)c2ccccc2Cl)cc1. The molecule has 18 heavy (non-hydrogen) atoms. The second kappa shape index (κ2) is 6.03. The zero-order valence-electron chi connectivity index (χ0n) is 10.6. The zero-order valence-corrected chi connectivity index (χ0v) is 11.3. The van der Waals surface area contributed by atoms with Gasteiger partial charge in [0.1, 0.15) is 0 Å². The van der Waals surface area contributed by atoms with E-state index in [0.717, 1.165) is 23.4 Å². The van der Waals surface area contributed by atoms with Crippen LogP contribution in [-0.2, 0) is 12.8 Å². The van der Waals surface area contributed by atoms with E-state index >= 15 is 0 Å². The minimum atomic E-state index is -0.0498. The van der Waals surface area contributed by atoms with Gasteiger partial charge >= 0.3 is 0 Å². The van der Waals surface area contributed by atoms with E-state index in [4.69, 9.17) is 17.3 Å². The molecule has 0 bridgehead atoms. The van der Waals surface area contributed by atoms with Gasteiger partial charge in [0.15, 0.2) is 0 Å². The fourth-order valence-electron chi connectivity index (χ4n) is 2.05. The number of nitrogens with two attached hydrogens (primary N) is 1. The number of halogens is 1. The van der Waals surface area contributed by atoms with Gasteiger partial charge in [-0.3, -0.25) is 0 Å². The Kier molecular flexibility index (Phi) is 4.40. The highest BCUT2D eigenvalue weighted by atomic mass is 35.5. The monoisotopic (exact) mass is 259 g/mol. The molecule has 1 unspecified atom stereocenters. The summed E-state index contributed by atoms with van der Waals surface area (Å²) >= 11 is 6.15. The molecule has 2 aromatic carbocycles. The maximum Gasteiger partial charge on any atom is 0.0453 e.